The second-order valence-electron chi connectivity index (χ2n) is 9.78. The smallest absolute Gasteiger partial charge is 0.240 e. The number of ether oxygens (including phenoxy) is 1. The topological polar surface area (TPSA) is 66.9 Å². The van der Waals surface area contributed by atoms with Gasteiger partial charge in [-0.2, -0.15) is 0 Å². The van der Waals surface area contributed by atoms with Crippen molar-refractivity contribution in [3.05, 3.63) is 64.8 Å². The van der Waals surface area contributed by atoms with Gasteiger partial charge in [-0.25, -0.2) is 4.90 Å². The van der Waals surface area contributed by atoms with Crippen LogP contribution in [0.25, 0.3) is 6.08 Å². The van der Waals surface area contributed by atoms with Crippen molar-refractivity contribution in [3.8, 4) is 5.75 Å². The molecule has 2 aromatic carbocycles. The van der Waals surface area contributed by atoms with Gasteiger partial charge in [-0.15, -0.1) is 0 Å². The Morgan fingerprint density at radius 1 is 1.03 bits per heavy atom. The van der Waals surface area contributed by atoms with Crippen LogP contribution in [0.2, 0.25) is 5.02 Å². The Morgan fingerprint density at radius 2 is 1.73 bits per heavy atom. The number of imide groups is 1. The summed E-state index contributed by atoms with van der Waals surface area (Å²) in [6.07, 6.45) is 3.81. The number of carbonyl (C=O) groups is 3. The SMILES string of the molecule is COc1ccc(Cl)cc1N1C(=O)[C@@H]2[C@H](C1=O)[C@H]1c3ccccc3C=CN1[C@@H]2C(=O)C(C)(C)C. The van der Waals surface area contributed by atoms with Crippen LogP contribution in [0, 0.1) is 17.3 Å². The number of methoxy groups -OCH3 is 1. The first-order valence-corrected chi connectivity index (χ1v) is 11.3. The number of nitrogens with zero attached hydrogens (tertiary/aromatic N) is 2. The number of rotatable bonds is 3. The number of Topliss-reactive ketones (excluding diaryl/α,β-unsaturated/α-hetero) is 1. The summed E-state index contributed by atoms with van der Waals surface area (Å²) in [5.74, 6) is -1.91. The van der Waals surface area contributed by atoms with Gasteiger partial charge < -0.3 is 9.64 Å². The third-order valence-electron chi connectivity index (χ3n) is 6.85. The molecule has 0 unspecified atom stereocenters. The number of anilines is 1. The maximum atomic E-state index is 13.9. The molecule has 0 aliphatic carbocycles. The van der Waals surface area contributed by atoms with Gasteiger partial charge >= 0.3 is 0 Å². The lowest BCUT2D eigenvalue weighted by atomic mass is 9.79. The number of carbonyl (C=O) groups excluding carboxylic acids is 3. The van der Waals surface area contributed by atoms with Crippen molar-refractivity contribution < 1.29 is 19.1 Å². The predicted octanol–water partition coefficient (Wildman–Crippen LogP) is 4.48. The molecular formula is C26H25ClN2O4. The van der Waals surface area contributed by atoms with Crippen molar-refractivity contribution in [2.75, 3.05) is 12.0 Å². The van der Waals surface area contributed by atoms with Crippen LogP contribution in [0.4, 0.5) is 5.69 Å². The Bertz CT molecular complexity index is 1220. The Balaban J connectivity index is 1.69. The van der Waals surface area contributed by atoms with Gasteiger partial charge in [0.1, 0.15) is 11.8 Å². The Hall–Kier alpha value is -3.12. The molecule has 7 heteroatoms. The van der Waals surface area contributed by atoms with Crippen LogP contribution in [0.3, 0.4) is 0 Å². The second kappa shape index (κ2) is 7.45. The molecule has 3 aliphatic rings. The third-order valence-corrected chi connectivity index (χ3v) is 7.09. The predicted molar refractivity (Wildman–Crippen MR) is 126 cm³/mol. The monoisotopic (exact) mass is 464 g/mol. The molecule has 2 amide bonds. The highest BCUT2D eigenvalue weighted by atomic mass is 35.5. The molecule has 2 aromatic rings. The van der Waals surface area contributed by atoms with Crippen LogP contribution >= 0.6 is 11.6 Å². The van der Waals surface area contributed by atoms with Crippen molar-refractivity contribution in [2.24, 2.45) is 17.3 Å². The maximum absolute atomic E-state index is 13.9. The van der Waals surface area contributed by atoms with Crippen LogP contribution in [0.5, 0.6) is 5.75 Å². The van der Waals surface area contributed by atoms with Crippen molar-refractivity contribution in [2.45, 2.75) is 32.9 Å². The van der Waals surface area contributed by atoms with E-state index in [0.717, 1.165) is 11.1 Å². The van der Waals surface area contributed by atoms with Crippen LogP contribution in [0.15, 0.2) is 48.7 Å². The zero-order valence-electron chi connectivity index (χ0n) is 18.9. The van der Waals surface area contributed by atoms with Gasteiger partial charge in [-0.1, -0.05) is 56.6 Å². The minimum atomic E-state index is -0.797. The lowest BCUT2D eigenvalue weighted by molar-refractivity contribution is -0.135. The molecule has 0 aromatic heterocycles. The Morgan fingerprint density at radius 3 is 2.42 bits per heavy atom. The van der Waals surface area contributed by atoms with E-state index in [1.54, 1.807) is 18.2 Å². The van der Waals surface area contributed by atoms with Crippen molar-refractivity contribution in [1.82, 2.24) is 4.90 Å². The van der Waals surface area contributed by atoms with E-state index >= 15 is 0 Å². The van der Waals surface area contributed by atoms with Gasteiger partial charge in [0.05, 0.1) is 30.7 Å². The average molecular weight is 465 g/mol. The summed E-state index contributed by atoms with van der Waals surface area (Å²) >= 11 is 6.21. The van der Waals surface area contributed by atoms with Gasteiger partial charge in [0.25, 0.3) is 0 Å². The molecule has 4 atom stereocenters. The molecule has 0 N–H and O–H groups in total. The van der Waals surface area contributed by atoms with E-state index in [9.17, 15) is 14.4 Å². The number of halogens is 1. The summed E-state index contributed by atoms with van der Waals surface area (Å²) in [6.45, 7) is 5.54. The Kier molecular flexibility index (Phi) is 4.90. The van der Waals surface area contributed by atoms with Gasteiger partial charge in [0, 0.05) is 16.6 Å². The number of hydrogen-bond acceptors (Lipinski definition) is 5. The fourth-order valence-corrected chi connectivity index (χ4v) is 5.54. The van der Waals surface area contributed by atoms with E-state index in [1.165, 1.54) is 12.0 Å². The maximum Gasteiger partial charge on any atom is 0.240 e. The number of benzene rings is 2. The van der Waals surface area contributed by atoms with Crippen LogP contribution in [-0.2, 0) is 14.4 Å². The number of ketones is 1. The number of fused-ring (bicyclic) bond motifs is 5. The number of hydrogen-bond donors (Lipinski definition) is 0. The van der Waals surface area contributed by atoms with Gasteiger partial charge in [-0.05, 0) is 35.4 Å². The molecule has 0 saturated carbocycles. The first kappa shape index (κ1) is 21.7. The highest BCUT2D eigenvalue weighted by Gasteiger charge is 2.65. The molecule has 5 rings (SSSR count). The number of amides is 2. The Labute approximate surface area is 197 Å². The van der Waals surface area contributed by atoms with Crippen LogP contribution in [-0.4, -0.2) is 35.6 Å². The van der Waals surface area contributed by atoms with Crippen LogP contribution in [0.1, 0.15) is 37.9 Å². The van der Waals surface area contributed by atoms with Crippen molar-refractivity contribution in [3.63, 3.8) is 0 Å². The lowest BCUT2D eigenvalue weighted by Crippen LogP contribution is -2.47. The van der Waals surface area contributed by atoms with E-state index < -0.39 is 35.2 Å². The quantitative estimate of drug-likeness (QED) is 0.626. The largest absolute Gasteiger partial charge is 0.495 e. The first-order chi connectivity index (χ1) is 15.6. The molecule has 33 heavy (non-hydrogen) atoms. The molecule has 0 spiro atoms. The molecular weight excluding hydrogens is 440 g/mol. The average Bonchev–Trinajstić information content (AvgIpc) is 3.25. The molecule has 2 saturated heterocycles. The summed E-state index contributed by atoms with van der Waals surface area (Å²) in [6, 6.07) is 11.5. The summed E-state index contributed by atoms with van der Waals surface area (Å²) in [4.78, 5) is 44.5. The molecule has 2 fully saturated rings. The van der Waals surface area contributed by atoms with Gasteiger partial charge in [0.2, 0.25) is 11.8 Å². The first-order valence-electron chi connectivity index (χ1n) is 11.0. The molecule has 0 bridgehead atoms. The lowest BCUT2D eigenvalue weighted by Gasteiger charge is -2.37. The van der Waals surface area contributed by atoms with Crippen LogP contribution < -0.4 is 9.64 Å². The summed E-state index contributed by atoms with van der Waals surface area (Å²) in [7, 11) is 1.48. The summed E-state index contributed by atoms with van der Waals surface area (Å²) in [5, 5.41) is 0.387. The molecule has 3 heterocycles. The van der Waals surface area contributed by atoms with E-state index in [2.05, 4.69) is 0 Å². The fraction of sp³-hybridized carbons (Fsp3) is 0.346. The highest BCUT2D eigenvalue weighted by Crippen LogP contribution is 2.55. The molecule has 6 nitrogen and oxygen atoms in total. The zero-order chi connectivity index (χ0) is 23.7. The van der Waals surface area contributed by atoms with Crippen molar-refractivity contribution >= 4 is 41.0 Å². The van der Waals surface area contributed by atoms with E-state index in [-0.39, 0.29) is 11.7 Å². The molecule has 0 radical (unpaired) electrons. The van der Waals surface area contributed by atoms with Gasteiger partial charge in [-0.3, -0.25) is 14.4 Å². The zero-order valence-corrected chi connectivity index (χ0v) is 19.7. The molecule has 3 aliphatic heterocycles. The minimum Gasteiger partial charge on any atom is -0.495 e. The van der Waals surface area contributed by atoms with E-state index in [0.29, 0.717) is 16.5 Å². The highest BCUT2D eigenvalue weighted by molar-refractivity contribution is 6.32. The van der Waals surface area contributed by atoms with Crippen molar-refractivity contribution in [1.29, 1.82) is 0 Å². The molecule has 170 valence electrons. The minimum absolute atomic E-state index is 0.0647. The van der Waals surface area contributed by atoms with Gasteiger partial charge in [0.15, 0.2) is 5.78 Å². The summed E-state index contributed by atoms with van der Waals surface area (Å²) < 4.78 is 5.43. The van der Waals surface area contributed by atoms with E-state index in [1.807, 2.05) is 62.2 Å². The standard InChI is InChI=1S/C26H25ClN2O4/c1-26(2,3)23(30)22-20-19(21-16-8-6-5-7-14(16)11-12-28(21)22)24(31)29(25(20)32)17-13-15(27)9-10-18(17)33-4/h5-13,19-22H,1-4H3/t19-,20+,21+,22-/m0/s1. The third kappa shape index (κ3) is 3.11. The van der Waals surface area contributed by atoms with E-state index in [4.69, 9.17) is 16.3 Å². The summed E-state index contributed by atoms with van der Waals surface area (Å²) in [5.41, 5.74) is 1.56. The second-order valence-corrected chi connectivity index (χ2v) is 10.2. The fourth-order valence-electron chi connectivity index (χ4n) is 5.38. The normalized spacial score (nSPS) is 25.7.